The summed E-state index contributed by atoms with van der Waals surface area (Å²) in [6.07, 6.45) is 1.03. The molecule has 9 nitrogen and oxygen atoms in total. The van der Waals surface area contributed by atoms with Crippen LogP contribution in [0.2, 0.25) is 0 Å². The number of hydrogen-bond donors (Lipinski definition) is 2. The highest BCUT2D eigenvalue weighted by atomic mass is 16.6. The second-order valence-corrected chi connectivity index (χ2v) is 8.57. The Kier molecular flexibility index (Phi) is 9.61. The average molecular weight is 450 g/mol. The van der Waals surface area contributed by atoms with E-state index in [4.69, 9.17) is 14.2 Å². The summed E-state index contributed by atoms with van der Waals surface area (Å²) in [4.78, 5) is 38.0. The fourth-order valence-electron chi connectivity index (χ4n) is 3.27. The SMILES string of the molecule is CCOc1ccccc1OCC(=O)NC1CCN(C(=O)CCNC(=O)OC(C)(C)C)CC1. The normalized spacial score (nSPS) is 14.4. The lowest BCUT2D eigenvalue weighted by molar-refractivity contribution is -0.132. The van der Waals surface area contributed by atoms with E-state index in [1.54, 1.807) is 37.8 Å². The van der Waals surface area contributed by atoms with Crippen molar-refractivity contribution in [2.75, 3.05) is 32.8 Å². The molecule has 0 unspecified atom stereocenters. The van der Waals surface area contributed by atoms with Gasteiger partial charge in [0.2, 0.25) is 5.91 Å². The number of rotatable bonds is 9. The van der Waals surface area contributed by atoms with E-state index < -0.39 is 11.7 Å². The number of amides is 3. The molecule has 0 spiro atoms. The van der Waals surface area contributed by atoms with Gasteiger partial charge in [-0.15, -0.1) is 0 Å². The van der Waals surface area contributed by atoms with Gasteiger partial charge in [0.15, 0.2) is 18.1 Å². The average Bonchev–Trinajstić information content (AvgIpc) is 2.72. The summed E-state index contributed by atoms with van der Waals surface area (Å²) in [5, 5.41) is 5.56. The summed E-state index contributed by atoms with van der Waals surface area (Å²) in [6.45, 7) is 9.00. The second-order valence-electron chi connectivity index (χ2n) is 8.57. The smallest absolute Gasteiger partial charge is 0.407 e. The Morgan fingerprint density at radius 1 is 1.06 bits per heavy atom. The predicted octanol–water partition coefficient (Wildman–Crippen LogP) is 2.49. The van der Waals surface area contributed by atoms with Crippen molar-refractivity contribution in [2.24, 2.45) is 0 Å². The first-order valence-electron chi connectivity index (χ1n) is 11.1. The van der Waals surface area contributed by atoms with Gasteiger partial charge < -0.3 is 29.7 Å². The first kappa shape index (κ1) is 25.3. The van der Waals surface area contributed by atoms with Crippen LogP contribution in [0.25, 0.3) is 0 Å². The molecule has 3 amide bonds. The fourth-order valence-corrected chi connectivity index (χ4v) is 3.27. The zero-order chi connectivity index (χ0) is 23.6. The number of ether oxygens (including phenoxy) is 3. The summed E-state index contributed by atoms with van der Waals surface area (Å²) in [6, 6.07) is 7.23. The number of para-hydroxylation sites is 2. The molecule has 1 aliphatic rings. The molecule has 1 aliphatic heterocycles. The molecule has 2 N–H and O–H groups in total. The van der Waals surface area contributed by atoms with E-state index in [0.29, 0.717) is 44.0 Å². The minimum Gasteiger partial charge on any atom is -0.490 e. The lowest BCUT2D eigenvalue weighted by Crippen LogP contribution is -2.48. The van der Waals surface area contributed by atoms with Gasteiger partial charge in [-0.05, 0) is 52.7 Å². The third kappa shape index (κ3) is 9.03. The van der Waals surface area contributed by atoms with Crippen LogP contribution in [-0.4, -0.2) is 67.3 Å². The van der Waals surface area contributed by atoms with Gasteiger partial charge in [0.25, 0.3) is 5.91 Å². The lowest BCUT2D eigenvalue weighted by atomic mass is 10.0. The van der Waals surface area contributed by atoms with Gasteiger partial charge in [-0.3, -0.25) is 9.59 Å². The van der Waals surface area contributed by atoms with E-state index in [-0.39, 0.29) is 37.4 Å². The van der Waals surface area contributed by atoms with Gasteiger partial charge >= 0.3 is 6.09 Å². The van der Waals surface area contributed by atoms with Gasteiger partial charge in [-0.1, -0.05) is 12.1 Å². The number of nitrogens with zero attached hydrogens (tertiary/aromatic N) is 1. The van der Waals surface area contributed by atoms with E-state index in [1.165, 1.54) is 0 Å². The van der Waals surface area contributed by atoms with Crippen LogP contribution in [0.15, 0.2) is 24.3 Å². The molecular weight excluding hydrogens is 414 g/mol. The standard InChI is InChI=1S/C23H35N3O6/c1-5-30-18-8-6-7-9-19(18)31-16-20(27)25-17-11-14-26(15-12-17)21(28)10-13-24-22(29)32-23(2,3)4/h6-9,17H,5,10-16H2,1-4H3,(H,24,29)(H,25,27). The van der Waals surface area contributed by atoms with Gasteiger partial charge in [0.05, 0.1) is 6.61 Å². The van der Waals surface area contributed by atoms with E-state index in [0.717, 1.165) is 0 Å². The maximum atomic E-state index is 12.4. The largest absolute Gasteiger partial charge is 0.490 e. The van der Waals surface area contributed by atoms with Crippen molar-refractivity contribution in [1.29, 1.82) is 0 Å². The molecule has 0 radical (unpaired) electrons. The van der Waals surface area contributed by atoms with Crippen LogP contribution in [0.4, 0.5) is 4.79 Å². The van der Waals surface area contributed by atoms with E-state index in [9.17, 15) is 14.4 Å². The monoisotopic (exact) mass is 449 g/mol. The number of carbonyl (C=O) groups excluding carboxylic acids is 3. The molecule has 32 heavy (non-hydrogen) atoms. The topological polar surface area (TPSA) is 106 Å². The molecule has 178 valence electrons. The molecule has 1 fully saturated rings. The number of hydrogen-bond acceptors (Lipinski definition) is 6. The van der Waals surface area contributed by atoms with Crippen LogP contribution in [0.5, 0.6) is 11.5 Å². The van der Waals surface area contributed by atoms with Crippen LogP contribution in [0.3, 0.4) is 0 Å². The molecule has 0 saturated carbocycles. The quantitative estimate of drug-likeness (QED) is 0.600. The third-order valence-corrected chi connectivity index (χ3v) is 4.73. The van der Waals surface area contributed by atoms with E-state index in [2.05, 4.69) is 10.6 Å². The Hall–Kier alpha value is -2.97. The van der Waals surface area contributed by atoms with Crippen LogP contribution in [-0.2, 0) is 14.3 Å². The fraction of sp³-hybridized carbons (Fsp3) is 0.609. The summed E-state index contributed by atoms with van der Waals surface area (Å²) < 4.78 is 16.2. The molecule has 1 saturated heterocycles. The molecular formula is C23H35N3O6. The minimum atomic E-state index is -0.571. The number of nitrogens with one attached hydrogen (secondary N) is 2. The van der Waals surface area contributed by atoms with Gasteiger partial charge in [-0.2, -0.15) is 0 Å². The molecule has 1 aromatic rings. The summed E-state index contributed by atoms with van der Waals surface area (Å²) >= 11 is 0. The molecule has 0 aliphatic carbocycles. The number of alkyl carbamates (subject to hydrolysis) is 1. The van der Waals surface area contributed by atoms with Crippen molar-refractivity contribution in [3.05, 3.63) is 24.3 Å². The Labute approximate surface area is 189 Å². The number of likely N-dealkylation sites (tertiary alicyclic amines) is 1. The maximum Gasteiger partial charge on any atom is 0.407 e. The number of carbonyl (C=O) groups is 3. The molecule has 0 bridgehead atoms. The Balaban J connectivity index is 1.65. The van der Waals surface area contributed by atoms with Crippen molar-refractivity contribution < 1.29 is 28.6 Å². The summed E-state index contributed by atoms with van der Waals surface area (Å²) in [7, 11) is 0. The number of benzene rings is 1. The van der Waals surface area contributed by atoms with Gasteiger partial charge in [0, 0.05) is 32.1 Å². The van der Waals surface area contributed by atoms with Crippen molar-refractivity contribution >= 4 is 17.9 Å². The lowest BCUT2D eigenvalue weighted by Gasteiger charge is -2.32. The van der Waals surface area contributed by atoms with Crippen LogP contribution < -0.4 is 20.1 Å². The van der Waals surface area contributed by atoms with Crippen LogP contribution in [0, 0.1) is 0 Å². The van der Waals surface area contributed by atoms with Gasteiger partial charge in [-0.25, -0.2) is 4.79 Å². The molecule has 0 aromatic heterocycles. The molecule has 1 heterocycles. The van der Waals surface area contributed by atoms with Crippen LogP contribution >= 0.6 is 0 Å². The maximum absolute atomic E-state index is 12.4. The predicted molar refractivity (Wildman–Crippen MR) is 120 cm³/mol. The molecule has 1 aromatic carbocycles. The second kappa shape index (κ2) is 12.2. The zero-order valence-electron chi connectivity index (χ0n) is 19.4. The third-order valence-electron chi connectivity index (χ3n) is 4.73. The molecule has 2 rings (SSSR count). The summed E-state index contributed by atoms with van der Waals surface area (Å²) in [5.41, 5.74) is -0.571. The van der Waals surface area contributed by atoms with E-state index in [1.807, 2.05) is 19.1 Å². The van der Waals surface area contributed by atoms with Gasteiger partial charge in [0.1, 0.15) is 5.60 Å². The van der Waals surface area contributed by atoms with Crippen molar-refractivity contribution in [3.63, 3.8) is 0 Å². The first-order chi connectivity index (χ1) is 15.2. The van der Waals surface area contributed by atoms with Crippen molar-refractivity contribution in [3.8, 4) is 11.5 Å². The molecule has 9 heteroatoms. The number of piperidine rings is 1. The molecule has 0 atom stereocenters. The zero-order valence-corrected chi connectivity index (χ0v) is 19.4. The van der Waals surface area contributed by atoms with Crippen molar-refractivity contribution in [1.82, 2.24) is 15.5 Å². The highest BCUT2D eigenvalue weighted by Gasteiger charge is 2.24. The highest BCUT2D eigenvalue weighted by Crippen LogP contribution is 2.26. The Bertz CT molecular complexity index is 769. The first-order valence-corrected chi connectivity index (χ1v) is 11.1. The summed E-state index contributed by atoms with van der Waals surface area (Å²) in [5.74, 6) is 0.907. The van der Waals surface area contributed by atoms with Crippen molar-refractivity contribution in [2.45, 2.75) is 58.6 Å². The van der Waals surface area contributed by atoms with Crippen LogP contribution in [0.1, 0.15) is 47.0 Å². The highest BCUT2D eigenvalue weighted by molar-refractivity contribution is 5.78. The Morgan fingerprint density at radius 3 is 2.28 bits per heavy atom. The van der Waals surface area contributed by atoms with E-state index >= 15 is 0 Å². The minimum absolute atomic E-state index is 0.00262. The Morgan fingerprint density at radius 2 is 1.69 bits per heavy atom.